The average molecular weight is 235 g/mol. The van der Waals surface area contributed by atoms with Gasteiger partial charge in [0.05, 0.1) is 0 Å². The Balaban J connectivity index is 0.000000686. The van der Waals surface area contributed by atoms with E-state index in [0.717, 1.165) is 0 Å². The van der Waals surface area contributed by atoms with Crippen molar-refractivity contribution < 1.29 is 8.78 Å². The summed E-state index contributed by atoms with van der Waals surface area (Å²) in [6, 6.07) is 6.12. The van der Waals surface area contributed by atoms with Gasteiger partial charge in [-0.2, -0.15) is 0 Å². The fraction of sp³-hybridized carbons (Fsp3) is 0.214. The largest absolute Gasteiger partial charge is 0.264 e. The van der Waals surface area contributed by atoms with Crippen LogP contribution in [-0.4, -0.2) is 4.98 Å². The molecule has 2 rings (SSSR count). The fourth-order valence-electron chi connectivity index (χ4n) is 1.35. The van der Waals surface area contributed by atoms with Gasteiger partial charge >= 0.3 is 0 Å². The highest BCUT2D eigenvalue weighted by Gasteiger charge is 2.07. The van der Waals surface area contributed by atoms with Crippen LogP contribution in [0.1, 0.15) is 19.4 Å². The summed E-state index contributed by atoms with van der Waals surface area (Å²) in [6.07, 6.45) is 3.19. The van der Waals surface area contributed by atoms with E-state index in [-0.39, 0.29) is 5.56 Å². The zero-order chi connectivity index (χ0) is 12.8. The molecule has 0 aliphatic carbocycles. The number of pyridine rings is 1. The van der Waals surface area contributed by atoms with Gasteiger partial charge in [0, 0.05) is 23.5 Å². The first-order valence-corrected chi connectivity index (χ1v) is 5.54. The fourth-order valence-corrected chi connectivity index (χ4v) is 1.35. The lowest BCUT2D eigenvalue weighted by Gasteiger charge is -2.04. The second kappa shape index (κ2) is 6.09. The molecule has 90 valence electrons. The molecule has 0 unspecified atom stereocenters. The van der Waals surface area contributed by atoms with Crippen LogP contribution < -0.4 is 0 Å². The minimum atomic E-state index is -0.533. The third kappa shape index (κ3) is 3.09. The summed E-state index contributed by atoms with van der Waals surface area (Å²) in [5.74, 6) is -1.07. The predicted molar refractivity (Wildman–Crippen MR) is 65.7 cm³/mol. The molecule has 0 saturated heterocycles. The number of halogens is 2. The zero-order valence-electron chi connectivity index (χ0n) is 10.2. The third-order valence-corrected chi connectivity index (χ3v) is 2.28. The van der Waals surface area contributed by atoms with Crippen molar-refractivity contribution in [2.45, 2.75) is 20.8 Å². The van der Waals surface area contributed by atoms with Crippen LogP contribution in [0.15, 0.2) is 36.7 Å². The van der Waals surface area contributed by atoms with Crippen LogP contribution >= 0.6 is 0 Å². The van der Waals surface area contributed by atoms with Crippen LogP contribution in [0.3, 0.4) is 0 Å². The highest BCUT2D eigenvalue weighted by Crippen LogP contribution is 2.22. The second-order valence-corrected chi connectivity index (χ2v) is 3.31. The molecule has 0 fully saturated rings. The smallest absolute Gasteiger partial charge is 0.129 e. The molecule has 0 atom stereocenters. The molecule has 3 heteroatoms. The summed E-state index contributed by atoms with van der Waals surface area (Å²) in [4.78, 5) is 3.90. The topological polar surface area (TPSA) is 12.9 Å². The molecule has 0 aliphatic heterocycles. The average Bonchev–Trinajstić information content (AvgIpc) is 2.39. The first kappa shape index (κ1) is 13.3. The standard InChI is InChI=1S/C12H9F2N.C2H6/c1-8-11(13)5-10(6-12(8)14)9-3-2-4-15-7-9;1-2/h2-7H,1H3;1-2H3. The number of nitrogens with zero attached hydrogens (tertiary/aromatic N) is 1. The van der Waals surface area contributed by atoms with Crippen LogP contribution in [0.25, 0.3) is 11.1 Å². The molecule has 2 aromatic rings. The summed E-state index contributed by atoms with van der Waals surface area (Å²) in [6.45, 7) is 5.41. The minimum absolute atomic E-state index is 0.0441. The number of benzene rings is 1. The van der Waals surface area contributed by atoms with Gasteiger partial charge in [-0.15, -0.1) is 0 Å². The van der Waals surface area contributed by atoms with E-state index in [9.17, 15) is 8.78 Å². The molecule has 0 radical (unpaired) electrons. The lowest BCUT2D eigenvalue weighted by molar-refractivity contribution is 0.569. The van der Waals surface area contributed by atoms with Crippen molar-refractivity contribution in [3.05, 3.63) is 53.9 Å². The molecule has 0 saturated carbocycles. The molecule has 17 heavy (non-hydrogen) atoms. The van der Waals surface area contributed by atoms with E-state index >= 15 is 0 Å². The first-order valence-electron chi connectivity index (χ1n) is 5.54. The maximum atomic E-state index is 13.3. The van der Waals surface area contributed by atoms with Crippen molar-refractivity contribution in [3.8, 4) is 11.1 Å². The van der Waals surface area contributed by atoms with Gasteiger partial charge in [-0.1, -0.05) is 19.9 Å². The highest BCUT2D eigenvalue weighted by atomic mass is 19.1. The molecule has 0 N–H and O–H groups in total. The third-order valence-electron chi connectivity index (χ3n) is 2.28. The van der Waals surface area contributed by atoms with Crippen LogP contribution in [0, 0.1) is 18.6 Å². The molecule has 1 nitrogen and oxygen atoms in total. The molecule has 1 heterocycles. The molecular formula is C14H15F2N. The van der Waals surface area contributed by atoms with Gasteiger partial charge in [0.1, 0.15) is 11.6 Å². The molecule has 0 bridgehead atoms. The van der Waals surface area contributed by atoms with Gasteiger partial charge in [0.15, 0.2) is 0 Å². The molecular weight excluding hydrogens is 220 g/mol. The summed E-state index contributed by atoms with van der Waals surface area (Å²) in [7, 11) is 0. The zero-order valence-corrected chi connectivity index (χ0v) is 10.2. The van der Waals surface area contributed by atoms with Gasteiger partial charge in [-0.05, 0) is 30.7 Å². The lowest BCUT2D eigenvalue weighted by atomic mass is 10.1. The normalized spacial score (nSPS) is 9.47. The molecule has 0 amide bonds. The second-order valence-electron chi connectivity index (χ2n) is 3.31. The van der Waals surface area contributed by atoms with E-state index in [1.165, 1.54) is 19.1 Å². The Morgan fingerprint density at radius 3 is 2.06 bits per heavy atom. The van der Waals surface area contributed by atoms with Gasteiger partial charge in [0.25, 0.3) is 0 Å². The Morgan fingerprint density at radius 2 is 1.59 bits per heavy atom. The minimum Gasteiger partial charge on any atom is -0.264 e. The van der Waals surface area contributed by atoms with Gasteiger partial charge in [0.2, 0.25) is 0 Å². The van der Waals surface area contributed by atoms with Crippen LogP contribution in [0.2, 0.25) is 0 Å². The van der Waals surface area contributed by atoms with Gasteiger partial charge in [-0.3, -0.25) is 4.98 Å². The van der Waals surface area contributed by atoms with Gasteiger partial charge in [-0.25, -0.2) is 8.78 Å². The number of aromatic nitrogens is 1. The van der Waals surface area contributed by atoms with E-state index in [1.807, 2.05) is 13.8 Å². The summed E-state index contributed by atoms with van der Waals surface area (Å²) in [5, 5.41) is 0. The van der Waals surface area contributed by atoms with Crippen molar-refractivity contribution in [2.75, 3.05) is 0 Å². The SMILES string of the molecule is CC.Cc1c(F)cc(-c2cccnc2)cc1F. The Bertz CT molecular complexity index is 458. The molecule has 0 spiro atoms. The molecule has 0 aliphatic rings. The lowest BCUT2D eigenvalue weighted by Crippen LogP contribution is -1.90. The highest BCUT2D eigenvalue weighted by molar-refractivity contribution is 5.62. The summed E-state index contributed by atoms with van der Waals surface area (Å²) >= 11 is 0. The Kier molecular flexibility index (Phi) is 4.76. The number of hydrogen-bond acceptors (Lipinski definition) is 1. The maximum Gasteiger partial charge on any atom is 0.129 e. The van der Waals surface area contributed by atoms with Crippen molar-refractivity contribution in [2.24, 2.45) is 0 Å². The van der Waals surface area contributed by atoms with E-state index in [1.54, 1.807) is 24.5 Å². The van der Waals surface area contributed by atoms with Gasteiger partial charge < -0.3 is 0 Å². The number of rotatable bonds is 1. The van der Waals surface area contributed by atoms with Crippen LogP contribution in [0.5, 0.6) is 0 Å². The van der Waals surface area contributed by atoms with Crippen molar-refractivity contribution in [1.82, 2.24) is 4.98 Å². The molecule has 1 aromatic heterocycles. The van der Waals surface area contributed by atoms with E-state index in [0.29, 0.717) is 11.1 Å². The van der Waals surface area contributed by atoms with E-state index < -0.39 is 11.6 Å². The van der Waals surface area contributed by atoms with Crippen molar-refractivity contribution in [3.63, 3.8) is 0 Å². The van der Waals surface area contributed by atoms with E-state index in [2.05, 4.69) is 4.98 Å². The van der Waals surface area contributed by atoms with Crippen LogP contribution in [-0.2, 0) is 0 Å². The molecule has 1 aromatic carbocycles. The van der Waals surface area contributed by atoms with Crippen molar-refractivity contribution in [1.29, 1.82) is 0 Å². The maximum absolute atomic E-state index is 13.3. The quantitative estimate of drug-likeness (QED) is 0.715. The van der Waals surface area contributed by atoms with Crippen LogP contribution in [0.4, 0.5) is 8.78 Å². The Morgan fingerprint density at radius 1 is 1.00 bits per heavy atom. The summed E-state index contributed by atoms with van der Waals surface area (Å²) in [5.41, 5.74) is 1.25. The summed E-state index contributed by atoms with van der Waals surface area (Å²) < 4.78 is 26.5. The van der Waals surface area contributed by atoms with E-state index in [4.69, 9.17) is 0 Å². The van der Waals surface area contributed by atoms with Crippen molar-refractivity contribution >= 4 is 0 Å². The Hall–Kier alpha value is -1.77. The first-order chi connectivity index (χ1) is 8.18. The monoisotopic (exact) mass is 235 g/mol. The predicted octanol–water partition coefficient (Wildman–Crippen LogP) is 4.36. The Labute approximate surface area is 100 Å². The number of hydrogen-bond donors (Lipinski definition) is 0.